The van der Waals surface area contributed by atoms with Gasteiger partial charge in [0.1, 0.15) is 11.8 Å². The summed E-state index contributed by atoms with van der Waals surface area (Å²) < 4.78 is 37.6. The molecular weight excluding hydrogens is 299 g/mol. The molecule has 1 heterocycles. The number of nitrogens with two attached hydrogens (primary N) is 1. The molecule has 0 radical (unpaired) electrons. The number of thioether (sulfide) groups is 1. The Labute approximate surface area is 123 Å². The molecule has 0 aliphatic rings. The van der Waals surface area contributed by atoms with Crippen LogP contribution in [0, 0.1) is 11.3 Å². The molecule has 0 fully saturated rings. The number of nitriles is 1. The van der Waals surface area contributed by atoms with Crippen molar-refractivity contribution in [2.75, 3.05) is 5.73 Å². The van der Waals surface area contributed by atoms with Gasteiger partial charge in [-0.2, -0.15) is 18.4 Å². The Kier molecular flexibility index (Phi) is 4.38. The number of nitrogen functional groups attached to an aromatic ring is 1. The van der Waals surface area contributed by atoms with E-state index >= 15 is 0 Å². The van der Waals surface area contributed by atoms with Crippen LogP contribution in [-0.4, -0.2) is 4.98 Å². The predicted molar refractivity (Wildman–Crippen MR) is 74.4 cm³/mol. The lowest BCUT2D eigenvalue weighted by Crippen LogP contribution is -2.05. The van der Waals surface area contributed by atoms with E-state index < -0.39 is 11.7 Å². The first-order valence-corrected chi connectivity index (χ1v) is 6.84. The van der Waals surface area contributed by atoms with Crippen molar-refractivity contribution >= 4 is 17.4 Å². The van der Waals surface area contributed by atoms with Crippen LogP contribution in [0.2, 0.25) is 0 Å². The van der Waals surface area contributed by atoms with E-state index in [1.807, 2.05) is 6.07 Å². The van der Waals surface area contributed by atoms with Gasteiger partial charge in [0.05, 0.1) is 5.56 Å². The van der Waals surface area contributed by atoms with Crippen LogP contribution in [0.1, 0.15) is 16.8 Å². The number of anilines is 1. The number of rotatable bonds is 3. The van der Waals surface area contributed by atoms with Crippen molar-refractivity contribution in [2.24, 2.45) is 0 Å². The van der Waals surface area contributed by atoms with Crippen LogP contribution in [0.5, 0.6) is 0 Å². The molecule has 0 bridgehead atoms. The zero-order valence-corrected chi connectivity index (χ0v) is 11.5. The first kappa shape index (κ1) is 15.2. The first-order valence-electron chi connectivity index (χ1n) is 5.85. The van der Waals surface area contributed by atoms with Gasteiger partial charge in [0.25, 0.3) is 0 Å². The zero-order chi connectivity index (χ0) is 15.5. The van der Waals surface area contributed by atoms with Crippen LogP contribution >= 0.6 is 11.8 Å². The monoisotopic (exact) mass is 309 g/mol. The van der Waals surface area contributed by atoms with Crippen LogP contribution in [0.15, 0.2) is 41.4 Å². The third-order valence-corrected chi connectivity index (χ3v) is 3.86. The largest absolute Gasteiger partial charge is 0.416 e. The minimum atomic E-state index is -4.41. The second-order valence-corrected chi connectivity index (χ2v) is 5.18. The highest BCUT2D eigenvalue weighted by molar-refractivity contribution is 7.98. The Balaban J connectivity index is 2.16. The molecule has 0 saturated heterocycles. The van der Waals surface area contributed by atoms with E-state index in [1.54, 1.807) is 12.1 Å². The van der Waals surface area contributed by atoms with Gasteiger partial charge in [-0.1, -0.05) is 6.07 Å². The standard InChI is InChI=1S/C14H10F3N3S/c15-14(16,17)10-3-4-13(11(19)6-10)21-8-9-2-1-5-20-12(9)7-18/h1-6H,8,19H2. The van der Waals surface area contributed by atoms with Gasteiger partial charge in [-0.05, 0) is 29.8 Å². The van der Waals surface area contributed by atoms with Crippen molar-refractivity contribution < 1.29 is 13.2 Å². The Morgan fingerprint density at radius 2 is 2.05 bits per heavy atom. The zero-order valence-electron chi connectivity index (χ0n) is 10.7. The van der Waals surface area contributed by atoms with E-state index in [4.69, 9.17) is 11.0 Å². The maximum absolute atomic E-state index is 12.5. The molecule has 21 heavy (non-hydrogen) atoms. The summed E-state index contributed by atoms with van der Waals surface area (Å²) in [5.74, 6) is 0.409. The average molecular weight is 309 g/mol. The molecule has 0 amide bonds. The number of halogens is 3. The number of hydrogen-bond donors (Lipinski definition) is 1. The third kappa shape index (κ3) is 3.67. The van der Waals surface area contributed by atoms with Gasteiger partial charge in [0.15, 0.2) is 0 Å². The maximum Gasteiger partial charge on any atom is 0.416 e. The van der Waals surface area contributed by atoms with E-state index in [1.165, 1.54) is 24.0 Å². The SMILES string of the molecule is N#Cc1ncccc1CSc1ccc(C(F)(F)F)cc1N. The quantitative estimate of drug-likeness (QED) is 0.691. The summed E-state index contributed by atoms with van der Waals surface area (Å²) >= 11 is 1.27. The van der Waals surface area contributed by atoms with Gasteiger partial charge in [-0.3, -0.25) is 0 Å². The summed E-state index contributed by atoms with van der Waals surface area (Å²) in [6, 6.07) is 8.67. The fourth-order valence-electron chi connectivity index (χ4n) is 1.67. The summed E-state index contributed by atoms with van der Waals surface area (Å²) in [7, 11) is 0. The highest BCUT2D eigenvalue weighted by Gasteiger charge is 2.30. The number of pyridine rings is 1. The van der Waals surface area contributed by atoms with Gasteiger partial charge in [0, 0.05) is 22.5 Å². The predicted octanol–water partition coefficient (Wildman–Crippen LogP) is 3.85. The first-order chi connectivity index (χ1) is 9.91. The molecule has 2 N–H and O–H groups in total. The number of aromatic nitrogens is 1. The summed E-state index contributed by atoms with van der Waals surface area (Å²) in [4.78, 5) is 4.46. The van der Waals surface area contributed by atoms with E-state index in [0.29, 0.717) is 21.9 Å². The van der Waals surface area contributed by atoms with Crippen LogP contribution in [0.3, 0.4) is 0 Å². The van der Waals surface area contributed by atoms with Crippen LogP contribution < -0.4 is 5.73 Å². The topological polar surface area (TPSA) is 62.7 Å². The number of nitrogens with zero attached hydrogens (tertiary/aromatic N) is 2. The lowest BCUT2D eigenvalue weighted by molar-refractivity contribution is -0.137. The molecule has 0 spiro atoms. The van der Waals surface area contributed by atoms with E-state index in [2.05, 4.69) is 4.98 Å². The molecule has 0 aliphatic carbocycles. The van der Waals surface area contributed by atoms with E-state index in [0.717, 1.165) is 12.1 Å². The van der Waals surface area contributed by atoms with Gasteiger partial charge < -0.3 is 5.73 Å². The number of hydrogen-bond acceptors (Lipinski definition) is 4. The molecule has 1 aromatic carbocycles. The minimum absolute atomic E-state index is 0.0669. The minimum Gasteiger partial charge on any atom is -0.398 e. The average Bonchev–Trinajstić information content (AvgIpc) is 2.45. The molecule has 7 heteroatoms. The molecule has 3 nitrogen and oxygen atoms in total. The van der Waals surface area contributed by atoms with Gasteiger partial charge >= 0.3 is 6.18 Å². The number of alkyl halides is 3. The molecule has 2 rings (SSSR count). The fourth-order valence-corrected chi connectivity index (χ4v) is 2.60. The molecule has 108 valence electrons. The Morgan fingerprint density at radius 1 is 1.29 bits per heavy atom. The van der Waals surface area contributed by atoms with Crippen molar-refractivity contribution in [1.82, 2.24) is 4.98 Å². The second kappa shape index (κ2) is 6.06. The highest BCUT2D eigenvalue weighted by atomic mass is 32.2. The van der Waals surface area contributed by atoms with Gasteiger partial charge in [-0.25, -0.2) is 4.98 Å². The van der Waals surface area contributed by atoms with Crippen molar-refractivity contribution in [3.8, 4) is 6.07 Å². The summed E-state index contributed by atoms with van der Waals surface area (Å²) in [6.07, 6.45) is -2.89. The number of benzene rings is 1. The molecule has 0 aliphatic heterocycles. The molecule has 1 aromatic heterocycles. The third-order valence-electron chi connectivity index (χ3n) is 2.72. The van der Waals surface area contributed by atoms with Crippen molar-refractivity contribution in [2.45, 2.75) is 16.8 Å². The molecule has 0 unspecified atom stereocenters. The highest BCUT2D eigenvalue weighted by Crippen LogP contribution is 2.35. The van der Waals surface area contributed by atoms with E-state index in [-0.39, 0.29) is 5.69 Å². The fraction of sp³-hybridized carbons (Fsp3) is 0.143. The summed E-state index contributed by atoms with van der Waals surface area (Å²) in [5, 5.41) is 8.92. The van der Waals surface area contributed by atoms with Crippen molar-refractivity contribution in [3.63, 3.8) is 0 Å². The maximum atomic E-state index is 12.5. The Hall–Kier alpha value is -2.20. The van der Waals surface area contributed by atoms with E-state index in [9.17, 15) is 13.2 Å². The van der Waals surface area contributed by atoms with Gasteiger partial charge in [-0.15, -0.1) is 11.8 Å². The van der Waals surface area contributed by atoms with Gasteiger partial charge in [0.2, 0.25) is 0 Å². The lowest BCUT2D eigenvalue weighted by Gasteiger charge is -2.10. The van der Waals surface area contributed by atoms with Crippen LogP contribution in [0.25, 0.3) is 0 Å². The van der Waals surface area contributed by atoms with Crippen molar-refractivity contribution in [3.05, 3.63) is 53.3 Å². The van der Waals surface area contributed by atoms with Crippen LogP contribution in [0.4, 0.5) is 18.9 Å². The Bertz CT molecular complexity index is 693. The summed E-state index contributed by atoms with van der Waals surface area (Å²) in [6.45, 7) is 0. The normalized spacial score (nSPS) is 11.1. The van der Waals surface area contributed by atoms with Crippen molar-refractivity contribution in [1.29, 1.82) is 5.26 Å². The smallest absolute Gasteiger partial charge is 0.398 e. The van der Waals surface area contributed by atoms with Crippen LogP contribution in [-0.2, 0) is 11.9 Å². The molecule has 0 saturated carbocycles. The molecule has 2 aromatic rings. The molecule has 0 atom stereocenters. The Morgan fingerprint density at radius 3 is 2.67 bits per heavy atom. The lowest BCUT2D eigenvalue weighted by atomic mass is 10.2. The summed E-state index contributed by atoms with van der Waals surface area (Å²) in [5.41, 5.74) is 5.96. The molecular formula is C14H10F3N3S. The second-order valence-electron chi connectivity index (χ2n) is 4.16.